The fourth-order valence-corrected chi connectivity index (χ4v) is 5.01. The van der Waals surface area contributed by atoms with E-state index in [1.807, 2.05) is 36.5 Å². The highest BCUT2D eigenvalue weighted by Crippen LogP contribution is 2.20. The first-order valence-electron chi connectivity index (χ1n) is 13.7. The molecule has 212 valence electrons. The molecule has 1 saturated heterocycles. The van der Waals surface area contributed by atoms with Crippen molar-refractivity contribution in [2.45, 2.75) is 63.7 Å². The molecule has 3 amide bonds. The molecule has 0 bridgehead atoms. The van der Waals surface area contributed by atoms with Gasteiger partial charge in [-0.05, 0) is 42.5 Å². The third-order valence-electron chi connectivity index (χ3n) is 7.25. The standard InChI is InChI=1S/C30H37N5O5/c1-18(2)26(29(38)34-25(30(39)40)15-19-9-4-3-5-10-19)35-28(37)24(33-27(36)23-13-8-14-31-23)16-20-17-32-22-12-7-6-11-21(20)22/h3-7,9-12,17-18,23-26,31-32H,8,13-16H2,1-2H3,(H,33,36)(H,34,38)(H,35,37)(H,39,40). The number of hydrogen-bond acceptors (Lipinski definition) is 5. The van der Waals surface area contributed by atoms with Crippen molar-refractivity contribution in [3.8, 4) is 0 Å². The van der Waals surface area contributed by atoms with Crippen molar-refractivity contribution < 1.29 is 24.3 Å². The lowest BCUT2D eigenvalue weighted by Crippen LogP contribution is -2.59. The molecule has 4 rings (SSSR count). The van der Waals surface area contributed by atoms with Crippen LogP contribution < -0.4 is 21.3 Å². The minimum absolute atomic E-state index is 0.105. The number of H-pyrrole nitrogens is 1. The fraction of sp³-hybridized carbons (Fsp3) is 0.400. The van der Waals surface area contributed by atoms with Crippen LogP contribution in [0.3, 0.4) is 0 Å². The van der Waals surface area contributed by atoms with Gasteiger partial charge in [0.15, 0.2) is 0 Å². The first kappa shape index (κ1) is 28.8. The molecule has 1 aromatic heterocycles. The fourth-order valence-electron chi connectivity index (χ4n) is 5.01. The first-order chi connectivity index (χ1) is 19.2. The maximum absolute atomic E-state index is 13.6. The second kappa shape index (κ2) is 13.3. The summed E-state index contributed by atoms with van der Waals surface area (Å²) < 4.78 is 0. The van der Waals surface area contributed by atoms with Crippen LogP contribution in [0.5, 0.6) is 0 Å². The highest BCUT2D eigenvalue weighted by Gasteiger charge is 2.33. The van der Waals surface area contributed by atoms with E-state index >= 15 is 0 Å². The van der Waals surface area contributed by atoms with Crippen LogP contribution >= 0.6 is 0 Å². The molecular formula is C30H37N5O5. The summed E-state index contributed by atoms with van der Waals surface area (Å²) in [6.45, 7) is 4.28. The number of aliphatic carboxylic acids is 1. The van der Waals surface area contributed by atoms with E-state index in [9.17, 15) is 24.3 Å². The molecule has 1 aliphatic rings. The van der Waals surface area contributed by atoms with Gasteiger partial charge in [0.2, 0.25) is 17.7 Å². The Morgan fingerprint density at radius 2 is 1.62 bits per heavy atom. The largest absolute Gasteiger partial charge is 0.480 e. The number of amides is 3. The van der Waals surface area contributed by atoms with Crippen LogP contribution in [-0.2, 0) is 32.0 Å². The molecule has 4 atom stereocenters. The quantitative estimate of drug-likeness (QED) is 0.204. The van der Waals surface area contributed by atoms with Gasteiger partial charge in [-0.25, -0.2) is 4.79 Å². The second-order valence-electron chi connectivity index (χ2n) is 10.6. The Hall–Kier alpha value is -4.18. The summed E-state index contributed by atoms with van der Waals surface area (Å²) in [5.41, 5.74) is 2.54. The number of carboxylic acid groups (broad SMARTS) is 1. The Morgan fingerprint density at radius 1 is 0.900 bits per heavy atom. The van der Waals surface area contributed by atoms with Gasteiger partial charge in [0, 0.05) is 29.9 Å². The van der Waals surface area contributed by atoms with Crippen LogP contribution in [0.25, 0.3) is 10.9 Å². The van der Waals surface area contributed by atoms with Crippen LogP contribution in [0.1, 0.15) is 37.8 Å². The van der Waals surface area contributed by atoms with Crippen molar-refractivity contribution in [2.75, 3.05) is 6.54 Å². The van der Waals surface area contributed by atoms with Crippen LogP contribution in [0, 0.1) is 5.92 Å². The molecule has 2 aromatic carbocycles. The van der Waals surface area contributed by atoms with E-state index in [1.54, 1.807) is 38.1 Å². The molecule has 0 saturated carbocycles. The lowest BCUT2D eigenvalue weighted by Gasteiger charge is -2.27. The molecule has 1 aliphatic heterocycles. The van der Waals surface area contributed by atoms with Gasteiger partial charge < -0.3 is 31.4 Å². The summed E-state index contributed by atoms with van der Waals surface area (Å²) in [6.07, 6.45) is 3.70. The second-order valence-corrected chi connectivity index (χ2v) is 10.6. The van der Waals surface area contributed by atoms with E-state index in [0.717, 1.165) is 35.0 Å². The van der Waals surface area contributed by atoms with E-state index in [0.29, 0.717) is 6.42 Å². The van der Waals surface area contributed by atoms with Gasteiger partial charge in [0.1, 0.15) is 18.1 Å². The Kier molecular flexibility index (Phi) is 9.55. The smallest absolute Gasteiger partial charge is 0.326 e. The summed E-state index contributed by atoms with van der Waals surface area (Å²) in [5, 5.41) is 22.1. The highest BCUT2D eigenvalue weighted by atomic mass is 16.4. The number of carbonyl (C=O) groups excluding carboxylic acids is 3. The number of carboxylic acids is 1. The molecular weight excluding hydrogens is 510 g/mol. The number of para-hydroxylation sites is 1. The van der Waals surface area contributed by atoms with Crippen molar-refractivity contribution in [3.63, 3.8) is 0 Å². The average Bonchev–Trinajstić information content (AvgIpc) is 3.62. The summed E-state index contributed by atoms with van der Waals surface area (Å²) in [5.74, 6) is -2.88. The number of hydrogen-bond donors (Lipinski definition) is 6. The number of rotatable bonds is 12. The third-order valence-corrected chi connectivity index (χ3v) is 7.25. The van der Waals surface area contributed by atoms with E-state index in [1.165, 1.54) is 0 Å². The van der Waals surface area contributed by atoms with Gasteiger partial charge in [-0.2, -0.15) is 0 Å². The minimum atomic E-state index is -1.17. The minimum Gasteiger partial charge on any atom is -0.480 e. The van der Waals surface area contributed by atoms with Crippen LogP contribution in [0.2, 0.25) is 0 Å². The molecule has 0 radical (unpaired) electrons. The molecule has 10 nitrogen and oxygen atoms in total. The molecule has 4 unspecified atom stereocenters. The molecule has 40 heavy (non-hydrogen) atoms. The Labute approximate surface area is 233 Å². The average molecular weight is 548 g/mol. The number of benzene rings is 2. The third kappa shape index (κ3) is 7.26. The number of aromatic nitrogens is 1. The lowest BCUT2D eigenvalue weighted by atomic mass is 9.99. The number of nitrogens with one attached hydrogen (secondary N) is 5. The lowest BCUT2D eigenvalue weighted by molar-refractivity contribution is -0.142. The van der Waals surface area contributed by atoms with E-state index in [-0.39, 0.29) is 30.7 Å². The summed E-state index contributed by atoms with van der Waals surface area (Å²) in [4.78, 5) is 55.0. The Bertz CT molecular complexity index is 1330. The van der Waals surface area contributed by atoms with Gasteiger partial charge in [0.05, 0.1) is 6.04 Å². The highest BCUT2D eigenvalue weighted by molar-refractivity contribution is 5.95. The van der Waals surface area contributed by atoms with Crippen LogP contribution in [-0.4, -0.2) is 64.5 Å². The van der Waals surface area contributed by atoms with Gasteiger partial charge in [-0.15, -0.1) is 0 Å². The SMILES string of the molecule is CC(C)C(NC(=O)C(Cc1c[nH]c2ccccc12)NC(=O)C1CCCN1)C(=O)NC(Cc1ccccc1)C(=O)O. The molecule has 1 fully saturated rings. The predicted molar refractivity (Wildman–Crippen MR) is 151 cm³/mol. The summed E-state index contributed by atoms with van der Waals surface area (Å²) >= 11 is 0. The van der Waals surface area contributed by atoms with Crippen molar-refractivity contribution in [2.24, 2.45) is 5.92 Å². The molecule has 2 heterocycles. The first-order valence-corrected chi connectivity index (χ1v) is 13.7. The number of aromatic amines is 1. The van der Waals surface area contributed by atoms with Crippen molar-refractivity contribution in [3.05, 3.63) is 71.9 Å². The van der Waals surface area contributed by atoms with Gasteiger partial charge in [-0.3, -0.25) is 14.4 Å². The van der Waals surface area contributed by atoms with E-state index < -0.39 is 35.9 Å². The monoisotopic (exact) mass is 547 g/mol. The normalized spacial score (nSPS) is 17.2. The summed E-state index contributed by atoms with van der Waals surface area (Å²) in [6, 6.07) is 13.2. The van der Waals surface area contributed by atoms with Crippen molar-refractivity contribution in [1.29, 1.82) is 0 Å². The predicted octanol–water partition coefficient (Wildman–Crippen LogP) is 1.90. The number of carbonyl (C=O) groups is 4. The maximum atomic E-state index is 13.6. The molecule has 3 aromatic rings. The van der Waals surface area contributed by atoms with Gasteiger partial charge >= 0.3 is 5.97 Å². The zero-order valence-corrected chi connectivity index (χ0v) is 22.8. The Balaban J connectivity index is 1.50. The number of fused-ring (bicyclic) bond motifs is 1. The molecule has 10 heteroatoms. The molecule has 0 spiro atoms. The van der Waals surface area contributed by atoms with Crippen molar-refractivity contribution >= 4 is 34.6 Å². The topological polar surface area (TPSA) is 152 Å². The Morgan fingerprint density at radius 3 is 2.30 bits per heavy atom. The van der Waals surface area contributed by atoms with Crippen LogP contribution in [0.15, 0.2) is 60.8 Å². The van der Waals surface area contributed by atoms with Gasteiger partial charge in [-0.1, -0.05) is 62.4 Å². The van der Waals surface area contributed by atoms with Crippen molar-refractivity contribution in [1.82, 2.24) is 26.3 Å². The zero-order valence-electron chi connectivity index (χ0n) is 22.8. The van der Waals surface area contributed by atoms with Crippen LogP contribution in [0.4, 0.5) is 0 Å². The van der Waals surface area contributed by atoms with E-state index in [4.69, 9.17) is 0 Å². The molecule has 6 N–H and O–H groups in total. The van der Waals surface area contributed by atoms with Gasteiger partial charge in [0.25, 0.3) is 0 Å². The maximum Gasteiger partial charge on any atom is 0.326 e. The van der Waals surface area contributed by atoms with E-state index in [2.05, 4.69) is 26.3 Å². The molecule has 0 aliphatic carbocycles. The zero-order chi connectivity index (χ0) is 28.6. The summed E-state index contributed by atoms with van der Waals surface area (Å²) in [7, 11) is 0.